The highest BCUT2D eigenvalue weighted by Gasteiger charge is 2.09. The van der Waals surface area contributed by atoms with E-state index in [0.717, 1.165) is 24.5 Å². The molecule has 0 bridgehead atoms. The summed E-state index contributed by atoms with van der Waals surface area (Å²) in [5, 5.41) is 3.16. The van der Waals surface area contributed by atoms with Gasteiger partial charge in [0.1, 0.15) is 5.82 Å². The molecular weight excluding hydrogens is 222 g/mol. The molecule has 3 nitrogen and oxygen atoms in total. The van der Waals surface area contributed by atoms with E-state index in [4.69, 9.17) is 4.98 Å². The summed E-state index contributed by atoms with van der Waals surface area (Å²) in [6, 6.07) is 6.51. The van der Waals surface area contributed by atoms with Gasteiger partial charge in [0.25, 0.3) is 0 Å². The Morgan fingerprint density at radius 3 is 2.72 bits per heavy atom. The Kier molecular flexibility index (Phi) is 3.82. The van der Waals surface area contributed by atoms with E-state index in [0.29, 0.717) is 0 Å². The fourth-order valence-corrected chi connectivity index (χ4v) is 2.20. The zero-order valence-corrected chi connectivity index (χ0v) is 11.6. The molecule has 1 heterocycles. The Balaban J connectivity index is 2.33. The number of hydrogen-bond acceptors (Lipinski definition) is 2. The highest BCUT2D eigenvalue weighted by atomic mass is 15.0. The van der Waals surface area contributed by atoms with E-state index in [1.165, 1.54) is 16.7 Å². The maximum atomic E-state index is 4.73. The zero-order valence-electron chi connectivity index (χ0n) is 11.6. The second kappa shape index (κ2) is 5.36. The molecule has 0 atom stereocenters. The highest BCUT2D eigenvalue weighted by molar-refractivity contribution is 5.63. The topological polar surface area (TPSA) is 29.9 Å². The van der Waals surface area contributed by atoms with Crippen molar-refractivity contribution in [2.45, 2.75) is 20.3 Å². The van der Waals surface area contributed by atoms with E-state index in [9.17, 15) is 0 Å². The van der Waals surface area contributed by atoms with Crippen molar-refractivity contribution in [2.75, 3.05) is 13.6 Å². The van der Waals surface area contributed by atoms with Crippen molar-refractivity contribution in [2.24, 2.45) is 7.05 Å². The number of rotatable bonds is 4. The second-order valence-electron chi connectivity index (χ2n) is 4.83. The second-order valence-corrected chi connectivity index (χ2v) is 4.83. The van der Waals surface area contributed by atoms with E-state index in [2.05, 4.69) is 55.2 Å². The number of hydrogen-bond donors (Lipinski definition) is 1. The standard InChI is InChI=1S/C15H21N3/c1-11-5-6-13(12(2)9-11)14-10-18(4)15(17-14)7-8-16-3/h5-6,9-10,16H,7-8H2,1-4H3. The lowest BCUT2D eigenvalue weighted by molar-refractivity contribution is 0.718. The van der Waals surface area contributed by atoms with Gasteiger partial charge in [0.2, 0.25) is 0 Å². The summed E-state index contributed by atoms with van der Waals surface area (Å²) in [7, 11) is 4.03. The van der Waals surface area contributed by atoms with Crippen LogP contribution in [-0.4, -0.2) is 23.1 Å². The van der Waals surface area contributed by atoms with Crippen molar-refractivity contribution in [1.29, 1.82) is 0 Å². The van der Waals surface area contributed by atoms with E-state index < -0.39 is 0 Å². The van der Waals surface area contributed by atoms with Gasteiger partial charge in [-0.25, -0.2) is 4.98 Å². The van der Waals surface area contributed by atoms with Crippen molar-refractivity contribution >= 4 is 0 Å². The molecule has 0 saturated heterocycles. The Bertz CT molecular complexity index is 541. The molecule has 0 aliphatic rings. The minimum atomic E-state index is 0.956. The third-order valence-corrected chi connectivity index (χ3v) is 3.23. The van der Waals surface area contributed by atoms with E-state index in [1.807, 2.05) is 7.05 Å². The normalized spacial score (nSPS) is 10.9. The Labute approximate surface area is 109 Å². The van der Waals surface area contributed by atoms with Gasteiger partial charge >= 0.3 is 0 Å². The van der Waals surface area contributed by atoms with E-state index in [1.54, 1.807) is 0 Å². The van der Waals surface area contributed by atoms with Crippen LogP contribution in [-0.2, 0) is 13.5 Å². The van der Waals surface area contributed by atoms with Gasteiger partial charge in [-0.05, 0) is 26.5 Å². The lowest BCUT2D eigenvalue weighted by Gasteiger charge is -2.03. The Morgan fingerprint density at radius 2 is 2.06 bits per heavy atom. The zero-order chi connectivity index (χ0) is 13.1. The van der Waals surface area contributed by atoms with E-state index in [-0.39, 0.29) is 0 Å². The SMILES string of the molecule is CNCCc1nc(-c2ccc(C)cc2C)cn1C. The van der Waals surface area contributed by atoms with E-state index >= 15 is 0 Å². The molecule has 2 rings (SSSR count). The number of nitrogens with zero attached hydrogens (tertiary/aromatic N) is 2. The molecule has 3 heteroatoms. The van der Waals surface area contributed by atoms with Crippen LogP contribution in [0, 0.1) is 13.8 Å². The summed E-state index contributed by atoms with van der Waals surface area (Å²) < 4.78 is 2.12. The van der Waals surface area contributed by atoms with Crippen LogP contribution in [0.1, 0.15) is 17.0 Å². The molecule has 0 aliphatic heterocycles. The van der Waals surface area contributed by atoms with Gasteiger partial charge in [-0.15, -0.1) is 0 Å². The van der Waals surface area contributed by atoms with Gasteiger partial charge in [0.15, 0.2) is 0 Å². The first-order valence-corrected chi connectivity index (χ1v) is 6.36. The Morgan fingerprint density at radius 1 is 1.28 bits per heavy atom. The third-order valence-electron chi connectivity index (χ3n) is 3.23. The van der Waals surface area contributed by atoms with Crippen LogP contribution < -0.4 is 5.32 Å². The number of aryl methyl sites for hydroxylation is 3. The fraction of sp³-hybridized carbons (Fsp3) is 0.400. The minimum absolute atomic E-state index is 0.956. The van der Waals surface area contributed by atoms with Crippen molar-refractivity contribution in [1.82, 2.24) is 14.9 Å². The largest absolute Gasteiger partial charge is 0.337 e. The number of imidazole rings is 1. The van der Waals surface area contributed by atoms with Gasteiger partial charge in [-0.1, -0.05) is 23.8 Å². The number of likely N-dealkylation sites (N-methyl/N-ethyl adjacent to an activating group) is 1. The summed E-state index contributed by atoms with van der Waals surface area (Å²) in [5.74, 6) is 1.12. The fourth-order valence-electron chi connectivity index (χ4n) is 2.20. The molecule has 0 spiro atoms. The van der Waals surface area contributed by atoms with Crippen LogP contribution in [0.2, 0.25) is 0 Å². The Hall–Kier alpha value is -1.61. The summed E-state index contributed by atoms with van der Waals surface area (Å²) in [4.78, 5) is 4.73. The van der Waals surface area contributed by atoms with Crippen molar-refractivity contribution in [3.8, 4) is 11.3 Å². The third kappa shape index (κ3) is 2.62. The van der Waals surface area contributed by atoms with Gasteiger partial charge in [-0.2, -0.15) is 0 Å². The monoisotopic (exact) mass is 243 g/mol. The van der Waals surface area contributed by atoms with Crippen LogP contribution in [0.5, 0.6) is 0 Å². The molecule has 1 aromatic heterocycles. The van der Waals surface area contributed by atoms with Crippen molar-refractivity contribution in [3.05, 3.63) is 41.3 Å². The van der Waals surface area contributed by atoms with Crippen LogP contribution in [0.25, 0.3) is 11.3 Å². The molecular formula is C15H21N3. The molecule has 0 radical (unpaired) electrons. The lowest BCUT2D eigenvalue weighted by Crippen LogP contribution is -2.12. The molecule has 1 N–H and O–H groups in total. The molecule has 2 aromatic rings. The van der Waals surface area contributed by atoms with Crippen molar-refractivity contribution < 1.29 is 0 Å². The van der Waals surface area contributed by atoms with Gasteiger partial charge in [-0.3, -0.25) is 0 Å². The molecule has 0 unspecified atom stereocenters. The predicted molar refractivity (Wildman–Crippen MR) is 75.7 cm³/mol. The number of benzene rings is 1. The maximum Gasteiger partial charge on any atom is 0.110 e. The van der Waals surface area contributed by atoms with Gasteiger partial charge in [0, 0.05) is 31.8 Å². The molecule has 18 heavy (non-hydrogen) atoms. The lowest BCUT2D eigenvalue weighted by atomic mass is 10.0. The van der Waals surface area contributed by atoms with Crippen LogP contribution >= 0.6 is 0 Å². The van der Waals surface area contributed by atoms with Crippen LogP contribution in [0.15, 0.2) is 24.4 Å². The average molecular weight is 243 g/mol. The molecule has 0 saturated carbocycles. The van der Waals surface area contributed by atoms with Crippen molar-refractivity contribution in [3.63, 3.8) is 0 Å². The molecule has 96 valence electrons. The highest BCUT2D eigenvalue weighted by Crippen LogP contribution is 2.23. The average Bonchev–Trinajstić information content (AvgIpc) is 2.68. The minimum Gasteiger partial charge on any atom is -0.337 e. The molecule has 1 aromatic carbocycles. The first-order chi connectivity index (χ1) is 8.61. The van der Waals surface area contributed by atoms with Gasteiger partial charge in [0.05, 0.1) is 5.69 Å². The smallest absolute Gasteiger partial charge is 0.110 e. The van der Waals surface area contributed by atoms with Gasteiger partial charge < -0.3 is 9.88 Å². The number of aromatic nitrogens is 2. The molecule has 0 amide bonds. The summed E-state index contributed by atoms with van der Waals surface area (Å²) in [5.41, 5.74) is 4.88. The predicted octanol–water partition coefficient (Wildman–Crippen LogP) is 2.47. The molecule has 0 aliphatic carbocycles. The number of nitrogens with one attached hydrogen (secondary N) is 1. The maximum absolute atomic E-state index is 4.73. The summed E-state index contributed by atoms with van der Waals surface area (Å²) in [6.07, 6.45) is 3.07. The van der Waals surface area contributed by atoms with Crippen LogP contribution in [0.4, 0.5) is 0 Å². The van der Waals surface area contributed by atoms with Crippen LogP contribution in [0.3, 0.4) is 0 Å². The quantitative estimate of drug-likeness (QED) is 0.894. The summed E-state index contributed by atoms with van der Waals surface area (Å²) in [6.45, 7) is 5.22. The first kappa shape index (κ1) is 12.8. The summed E-state index contributed by atoms with van der Waals surface area (Å²) >= 11 is 0. The first-order valence-electron chi connectivity index (χ1n) is 6.36. The molecule has 0 fully saturated rings.